The molecule has 1 heterocycles. The van der Waals surface area contributed by atoms with Gasteiger partial charge >= 0.3 is 0 Å². The molecule has 1 saturated carbocycles. The highest BCUT2D eigenvalue weighted by atomic mass is 16.5. The Balaban J connectivity index is 2.40. The summed E-state index contributed by atoms with van der Waals surface area (Å²) in [6.45, 7) is 7.06. The van der Waals surface area contributed by atoms with Gasteiger partial charge in [0, 0.05) is 25.4 Å². The molecule has 1 N–H and O–H groups in total. The number of nitrogens with one attached hydrogen (secondary N) is 1. The molecule has 1 aromatic rings. The van der Waals surface area contributed by atoms with Crippen molar-refractivity contribution in [2.24, 2.45) is 5.92 Å². The second-order valence-electron chi connectivity index (χ2n) is 5.60. The minimum Gasteiger partial charge on any atom is -0.373 e. The van der Waals surface area contributed by atoms with E-state index in [1.807, 2.05) is 20.0 Å². The molecule has 2 atom stereocenters. The zero-order chi connectivity index (χ0) is 13.9. The maximum atomic E-state index is 6.13. The predicted octanol–water partition coefficient (Wildman–Crippen LogP) is 3.27. The van der Waals surface area contributed by atoms with Gasteiger partial charge in [-0.3, -0.25) is 0 Å². The predicted molar refractivity (Wildman–Crippen MR) is 77.3 cm³/mol. The highest BCUT2D eigenvalue weighted by Gasteiger charge is 2.40. The van der Waals surface area contributed by atoms with Crippen molar-refractivity contribution < 1.29 is 4.74 Å². The molecule has 1 fully saturated rings. The lowest BCUT2D eigenvalue weighted by Crippen LogP contribution is -2.37. The zero-order valence-corrected chi connectivity index (χ0v) is 12.5. The molecule has 0 amide bonds. The van der Waals surface area contributed by atoms with Crippen LogP contribution in [0.3, 0.4) is 0 Å². The first-order valence-electron chi connectivity index (χ1n) is 7.27. The van der Waals surface area contributed by atoms with Crippen LogP contribution in [0, 0.1) is 12.8 Å². The number of hydrogen-bond acceptors (Lipinski definition) is 4. The van der Waals surface area contributed by atoms with Crippen LogP contribution in [0.2, 0.25) is 0 Å². The van der Waals surface area contributed by atoms with Crippen molar-refractivity contribution in [3.63, 3.8) is 0 Å². The third-order valence-corrected chi connectivity index (χ3v) is 3.89. The molecule has 106 valence electrons. The van der Waals surface area contributed by atoms with Crippen LogP contribution in [-0.4, -0.2) is 23.6 Å². The Labute approximate surface area is 116 Å². The van der Waals surface area contributed by atoms with E-state index in [4.69, 9.17) is 4.74 Å². The summed E-state index contributed by atoms with van der Waals surface area (Å²) in [4.78, 5) is 9.31. The molecule has 4 heteroatoms. The normalized spacial score (nSPS) is 27.3. The lowest BCUT2D eigenvalue weighted by atomic mass is 9.78. The Kier molecular flexibility index (Phi) is 4.40. The van der Waals surface area contributed by atoms with Gasteiger partial charge in [-0.25, -0.2) is 9.97 Å². The Bertz CT molecular complexity index is 431. The van der Waals surface area contributed by atoms with Gasteiger partial charge in [-0.05, 0) is 39.0 Å². The Morgan fingerprint density at radius 2 is 2.26 bits per heavy atom. The van der Waals surface area contributed by atoms with E-state index in [0.717, 1.165) is 30.2 Å². The molecule has 0 radical (unpaired) electrons. The van der Waals surface area contributed by atoms with E-state index in [2.05, 4.69) is 29.1 Å². The highest BCUT2D eigenvalue weighted by molar-refractivity contribution is 5.35. The summed E-state index contributed by atoms with van der Waals surface area (Å²) in [7, 11) is 1.89. The van der Waals surface area contributed by atoms with E-state index in [1.54, 1.807) is 0 Å². The fourth-order valence-corrected chi connectivity index (χ4v) is 3.08. The van der Waals surface area contributed by atoms with Crippen LogP contribution < -0.4 is 5.32 Å². The van der Waals surface area contributed by atoms with Gasteiger partial charge < -0.3 is 10.1 Å². The summed E-state index contributed by atoms with van der Waals surface area (Å²) >= 11 is 0. The average molecular weight is 263 g/mol. The van der Waals surface area contributed by atoms with Gasteiger partial charge in [0.15, 0.2) is 5.82 Å². The Morgan fingerprint density at radius 3 is 2.89 bits per heavy atom. The van der Waals surface area contributed by atoms with Gasteiger partial charge in [0.2, 0.25) is 0 Å². The topological polar surface area (TPSA) is 47.0 Å². The molecular weight excluding hydrogens is 238 g/mol. The second kappa shape index (κ2) is 5.87. The number of ether oxygens (including phenoxy) is 1. The van der Waals surface area contributed by atoms with Crippen molar-refractivity contribution in [1.29, 1.82) is 0 Å². The van der Waals surface area contributed by atoms with Crippen molar-refractivity contribution in [2.75, 3.05) is 19.0 Å². The first kappa shape index (κ1) is 14.3. The smallest absolute Gasteiger partial charge is 0.162 e. The third-order valence-electron chi connectivity index (χ3n) is 3.89. The summed E-state index contributed by atoms with van der Waals surface area (Å²) in [6, 6.07) is 1.97. The first-order valence-corrected chi connectivity index (χ1v) is 7.27. The van der Waals surface area contributed by atoms with Gasteiger partial charge in [-0.1, -0.05) is 13.3 Å². The summed E-state index contributed by atoms with van der Waals surface area (Å²) in [5.74, 6) is 2.40. The van der Waals surface area contributed by atoms with Crippen LogP contribution in [0.1, 0.15) is 51.0 Å². The van der Waals surface area contributed by atoms with Crippen LogP contribution in [-0.2, 0) is 10.3 Å². The van der Waals surface area contributed by atoms with E-state index in [-0.39, 0.29) is 5.60 Å². The van der Waals surface area contributed by atoms with Gasteiger partial charge in [0.05, 0.1) is 0 Å². The molecule has 1 aromatic heterocycles. The molecule has 0 spiro atoms. The van der Waals surface area contributed by atoms with E-state index >= 15 is 0 Å². The van der Waals surface area contributed by atoms with Crippen molar-refractivity contribution in [3.8, 4) is 0 Å². The molecule has 0 saturated heterocycles. The Hall–Kier alpha value is -1.16. The number of rotatable bonds is 4. The molecule has 0 bridgehead atoms. The largest absolute Gasteiger partial charge is 0.373 e. The van der Waals surface area contributed by atoms with Gasteiger partial charge in [-0.2, -0.15) is 0 Å². The van der Waals surface area contributed by atoms with Crippen molar-refractivity contribution in [3.05, 3.63) is 17.6 Å². The van der Waals surface area contributed by atoms with Crippen LogP contribution in [0.4, 0.5) is 5.82 Å². The van der Waals surface area contributed by atoms with Crippen molar-refractivity contribution in [1.82, 2.24) is 9.97 Å². The lowest BCUT2D eigenvalue weighted by Gasteiger charge is -2.38. The van der Waals surface area contributed by atoms with E-state index in [1.165, 1.54) is 12.8 Å². The number of hydrogen-bond donors (Lipinski definition) is 1. The fraction of sp³-hybridized carbons (Fsp3) is 0.733. The summed E-state index contributed by atoms with van der Waals surface area (Å²) in [5, 5.41) is 3.11. The van der Waals surface area contributed by atoms with Crippen LogP contribution in [0.25, 0.3) is 0 Å². The Morgan fingerprint density at radius 1 is 1.47 bits per heavy atom. The summed E-state index contributed by atoms with van der Waals surface area (Å²) < 4.78 is 6.13. The monoisotopic (exact) mass is 263 g/mol. The first-order chi connectivity index (χ1) is 9.09. The number of nitrogens with zero attached hydrogens (tertiary/aromatic N) is 2. The molecule has 1 aliphatic rings. The minimum atomic E-state index is -0.288. The van der Waals surface area contributed by atoms with Gasteiger partial charge in [0.25, 0.3) is 0 Å². The maximum Gasteiger partial charge on any atom is 0.162 e. The molecule has 2 rings (SSSR count). The number of aromatic nitrogens is 2. The zero-order valence-electron chi connectivity index (χ0n) is 12.5. The summed E-state index contributed by atoms with van der Waals surface area (Å²) in [5.41, 5.74) is 0.705. The fourth-order valence-electron chi connectivity index (χ4n) is 3.08. The molecule has 2 unspecified atom stereocenters. The van der Waals surface area contributed by atoms with E-state index in [0.29, 0.717) is 12.5 Å². The lowest BCUT2D eigenvalue weighted by molar-refractivity contribution is -0.0881. The van der Waals surface area contributed by atoms with Gasteiger partial charge in [0.1, 0.15) is 11.4 Å². The second-order valence-corrected chi connectivity index (χ2v) is 5.60. The number of anilines is 1. The van der Waals surface area contributed by atoms with Crippen molar-refractivity contribution >= 4 is 5.82 Å². The quantitative estimate of drug-likeness (QED) is 0.905. The average Bonchev–Trinajstić information content (AvgIpc) is 2.38. The molecule has 0 aromatic carbocycles. The number of aryl methyl sites for hydroxylation is 1. The molecule has 4 nitrogen and oxygen atoms in total. The molecule has 19 heavy (non-hydrogen) atoms. The van der Waals surface area contributed by atoms with Crippen LogP contribution >= 0.6 is 0 Å². The van der Waals surface area contributed by atoms with Crippen molar-refractivity contribution in [2.45, 2.75) is 52.1 Å². The maximum absolute atomic E-state index is 6.13. The highest BCUT2D eigenvalue weighted by Crippen LogP contribution is 2.41. The third kappa shape index (κ3) is 3.06. The standard InChI is InChI=1S/C15H25N3O/c1-5-19-15(8-6-7-11(2)10-15)14-17-12(3)9-13(16-4)18-14/h9,11H,5-8,10H2,1-4H3,(H,16,17,18). The van der Waals surface area contributed by atoms with Crippen LogP contribution in [0.5, 0.6) is 0 Å². The SMILES string of the molecule is CCOC1(c2nc(C)cc(NC)n2)CCCC(C)C1. The van der Waals surface area contributed by atoms with Crippen LogP contribution in [0.15, 0.2) is 6.07 Å². The minimum absolute atomic E-state index is 0.288. The summed E-state index contributed by atoms with van der Waals surface area (Å²) in [6.07, 6.45) is 4.51. The van der Waals surface area contributed by atoms with Gasteiger partial charge in [-0.15, -0.1) is 0 Å². The van der Waals surface area contributed by atoms with E-state index in [9.17, 15) is 0 Å². The molecule has 1 aliphatic carbocycles. The molecular formula is C15H25N3O. The van der Waals surface area contributed by atoms with E-state index < -0.39 is 0 Å². The molecule has 0 aliphatic heterocycles.